The highest BCUT2D eigenvalue weighted by atomic mass is 35.5. The number of nitrogens with one attached hydrogen (secondary N) is 1. The lowest BCUT2D eigenvalue weighted by molar-refractivity contribution is 0.0842. The molecule has 2 N–H and O–H groups in total. The highest BCUT2D eigenvalue weighted by molar-refractivity contribution is 6.30. The molecule has 0 fully saturated rings. The molecular weight excluding hydrogens is 302 g/mol. The van der Waals surface area contributed by atoms with Gasteiger partial charge >= 0.3 is 0 Å². The van der Waals surface area contributed by atoms with Crippen molar-refractivity contribution in [2.24, 2.45) is 0 Å². The fourth-order valence-corrected chi connectivity index (χ4v) is 2.10. The summed E-state index contributed by atoms with van der Waals surface area (Å²) in [5, 5.41) is 13.0. The Morgan fingerprint density at radius 1 is 1.27 bits per heavy atom. The molecule has 2 rings (SSSR count). The first-order valence-corrected chi connectivity index (χ1v) is 7.34. The highest BCUT2D eigenvalue weighted by Crippen LogP contribution is 2.16. The molecule has 1 unspecified atom stereocenters. The Morgan fingerprint density at radius 2 is 2.05 bits per heavy atom. The molecule has 0 heterocycles. The van der Waals surface area contributed by atoms with E-state index in [1.54, 1.807) is 24.3 Å². The number of aliphatic hydroxyl groups excluding tert-OH is 1. The average Bonchev–Trinajstić information content (AvgIpc) is 2.52. The molecule has 2 aromatic rings. The van der Waals surface area contributed by atoms with E-state index < -0.39 is 6.10 Å². The number of para-hydroxylation sites is 1. The smallest absolute Gasteiger partial charge is 0.251 e. The molecule has 0 aliphatic carbocycles. The number of aliphatic hydroxyl groups is 1. The summed E-state index contributed by atoms with van der Waals surface area (Å²) in [6.07, 6.45) is -0.789. The van der Waals surface area contributed by atoms with Gasteiger partial charge in [0.15, 0.2) is 0 Å². The van der Waals surface area contributed by atoms with Crippen LogP contribution in [-0.4, -0.2) is 30.3 Å². The lowest BCUT2D eigenvalue weighted by Crippen LogP contribution is -2.35. The molecule has 5 heteroatoms. The molecule has 2 aromatic carbocycles. The van der Waals surface area contributed by atoms with Gasteiger partial charge in [0.1, 0.15) is 18.5 Å². The first kappa shape index (κ1) is 16.3. The van der Waals surface area contributed by atoms with Gasteiger partial charge in [0.25, 0.3) is 5.91 Å². The van der Waals surface area contributed by atoms with E-state index in [1.165, 1.54) is 0 Å². The van der Waals surface area contributed by atoms with E-state index in [2.05, 4.69) is 5.32 Å². The fourth-order valence-electron chi connectivity index (χ4n) is 1.91. The number of aryl methyl sites for hydroxylation is 1. The molecular formula is C17H18ClNO3. The maximum atomic E-state index is 11.9. The van der Waals surface area contributed by atoms with E-state index in [1.807, 2.05) is 31.2 Å². The molecule has 0 aliphatic heterocycles. The zero-order valence-corrected chi connectivity index (χ0v) is 13.0. The monoisotopic (exact) mass is 319 g/mol. The van der Waals surface area contributed by atoms with E-state index in [4.69, 9.17) is 16.3 Å². The van der Waals surface area contributed by atoms with Crippen LogP contribution < -0.4 is 10.1 Å². The second-order valence-corrected chi connectivity index (χ2v) is 5.39. The normalized spacial score (nSPS) is 11.8. The Hall–Kier alpha value is -2.04. The molecule has 4 nitrogen and oxygen atoms in total. The first-order chi connectivity index (χ1) is 10.6. The zero-order valence-electron chi connectivity index (χ0n) is 12.3. The van der Waals surface area contributed by atoms with Crippen LogP contribution in [0, 0.1) is 6.92 Å². The highest BCUT2D eigenvalue weighted by Gasteiger charge is 2.10. The fraction of sp³-hybridized carbons (Fsp3) is 0.235. The molecule has 1 atom stereocenters. The summed E-state index contributed by atoms with van der Waals surface area (Å²) in [5.41, 5.74) is 1.46. The maximum absolute atomic E-state index is 11.9. The minimum Gasteiger partial charge on any atom is -0.491 e. The van der Waals surface area contributed by atoms with Crippen LogP contribution in [0.5, 0.6) is 5.75 Å². The topological polar surface area (TPSA) is 58.6 Å². The third kappa shape index (κ3) is 4.76. The van der Waals surface area contributed by atoms with Gasteiger partial charge in [-0.15, -0.1) is 0 Å². The second kappa shape index (κ2) is 7.82. The molecule has 0 aliphatic rings. The van der Waals surface area contributed by atoms with Gasteiger partial charge in [-0.1, -0.05) is 35.9 Å². The summed E-state index contributed by atoms with van der Waals surface area (Å²) in [5.74, 6) is 0.445. The standard InChI is InChI=1S/C17H18ClNO3/c1-12-5-2-3-8-16(12)22-11-15(20)10-19-17(21)13-6-4-7-14(18)9-13/h2-9,15,20H,10-11H2,1H3,(H,19,21). The van der Waals surface area contributed by atoms with Gasteiger partial charge in [-0.2, -0.15) is 0 Å². The number of amides is 1. The minimum atomic E-state index is -0.789. The van der Waals surface area contributed by atoms with E-state index in [-0.39, 0.29) is 19.1 Å². The van der Waals surface area contributed by atoms with Crippen molar-refractivity contribution >= 4 is 17.5 Å². The predicted octanol–water partition coefficient (Wildman–Crippen LogP) is 2.82. The van der Waals surface area contributed by atoms with Gasteiger partial charge < -0.3 is 15.2 Å². The third-order valence-electron chi connectivity index (χ3n) is 3.11. The molecule has 22 heavy (non-hydrogen) atoms. The van der Waals surface area contributed by atoms with Crippen LogP contribution in [-0.2, 0) is 0 Å². The predicted molar refractivity (Wildman–Crippen MR) is 86.5 cm³/mol. The van der Waals surface area contributed by atoms with Crippen LogP contribution in [0.15, 0.2) is 48.5 Å². The van der Waals surface area contributed by atoms with Crippen molar-refractivity contribution in [3.63, 3.8) is 0 Å². The summed E-state index contributed by atoms with van der Waals surface area (Å²) in [7, 11) is 0. The number of ether oxygens (including phenoxy) is 1. The number of carbonyl (C=O) groups excluding carboxylic acids is 1. The Morgan fingerprint density at radius 3 is 2.77 bits per heavy atom. The van der Waals surface area contributed by atoms with Crippen LogP contribution >= 0.6 is 11.6 Å². The van der Waals surface area contributed by atoms with Crippen LogP contribution in [0.4, 0.5) is 0 Å². The molecule has 0 radical (unpaired) electrons. The summed E-state index contributed by atoms with van der Waals surface area (Å²) in [6.45, 7) is 2.15. The van der Waals surface area contributed by atoms with Gasteiger partial charge in [0, 0.05) is 17.1 Å². The molecule has 0 saturated carbocycles. The lowest BCUT2D eigenvalue weighted by Gasteiger charge is -2.14. The van der Waals surface area contributed by atoms with Gasteiger partial charge in [0.2, 0.25) is 0 Å². The van der Waals surface area contributed by atoms with Crippen LogP contribution in [0.25, 0.3) is 0 Å². The van der Waals surface area contributed by atoms with Crippen molar-refractivity contribution in [3.8, 4) is 5.75 Å². The Labute approximate surface area is 134 Å². The SMILES string of the molecule is Cc1ccccc1OCC(O)CNC(=O)c1cccc(Cl)c1. The number of halogens is 1. The summed E-state index contributed by atoms with van der Waals surface area (Å²) in [6, 6.07) is 14.2. The van der Waals surface area contributed by atoms with Crippen molar-refractivity contribution in [2.45, 2.75) is 13.0 Å². The van der Waals surface area contributed by atoms with Crippen molar-refractivity contribution in [1.82, 2.24) is 5.32 Å². The lowest BCUT2D eigenvalue weighted by atomic mass is 10.2. The van der Waals surface area contributed by atoms with Crippen molar-refractivity contribution in [1.29, 1.82) is 0 Å². The van der Waals surface area contributed by atoms with E-state index in [9.17, 15) is 9.90 Å². The number of hydrogen-bond donors (Lipinski definition) is 2. The largest absolute Gasteiger partial charge is 0.491 e. The maximum Gasteiger partial charge on any atom is 0.251 e. The summed E-state index contributed by atoms with van der Waals surface area (Å²) >= 11 is 5.83. The van der Waals surface area contributed by atoms with Crippen molar-refractivity contribution < 1.29 is 14.6 Å². The Balaban J connectivity index is 1.79. The number of carbonyl (C=O) groups is 1. The van der Waals surface area contributed by atoms with Crippen molar-refractivity contribution in [3.05, 3.63) is 64.7 Å². The van der Waals surface area contributed by atoms with E-state index >= 15 is 0 Å². The molecule has 1 amide bonds. The number of benzene rings is 2. The zero-order chi connectivity index (χ0) is 15.9. The first-order valence-electron chi connectivity index (χ1n) is 6.96. The third-order valence-corrected chi connectivity index (χ3v) is 3.34. The van der Waals surface area contributed by atoms with Gasteiger partial charge in [-0.3, -0.25) is 4.79 Å². The Bertz CT molecular complexity index is 645. The quantitative estimate of drug-likeness (QED) is 0.860. The second-order valence-electron chi connectivity index (χ2n) is 4.95. The summed E-state index contributed by atoms with van der Waals surface area (Å²) < 4.78 is 5.53. The van der Waals surface area contributed by atoms with Gasteiger partial charge in [-0.25, -0.2) is 0 Å². The molecule has 0 spiro atoms. The summed E-state index contributed by atoms with van der Waals surface area (Å²) in [4.78, 5) is 11.9. The number of rotatable bonds is 6. The number of hydrogen-bond acceptors (Lipinski definition) is 3. The average molecular weight is 320 g/mol. The molecule has 0 saturated heterocycles. The van der Waals surface area contributed by atoms with Gasteiger partial charge in [-0.05, 0) is 36.8 Å². The Kier molecular flexibility index (Phi) is 5.81. The molecule has 116 valence electrons. The van der Waals surface area contributed by atoms with Gasteiger partial charge in [0.05, 0.1) is 0 Å². The van der Waals surface area contributed by atoms with Crippen LogP contribution in [0.2, 0.25) is 5.02 Å². The molecule has 0 aromatic heterocycles. The van der Waals surface area contributed by atoms with Crippen LogP contribution in [0.3, 0.4) is 0 Å². The van der Waals surface area contributed by atoms with Crippen LogP contribution in [0.1, 0.15) is 15.9 Å². The van der Waals surface area contributed by atoms with E-state index in [0.717, 1.165) is 11.3 Å². The van der Waals surface area contributed by atoms with E-state index in [0.29, 0.717) is 10.6 Å². The molecule has 0 bridgehead atoms. The van der Waals surface area contributed by atoms with Crippen molar-refractivity contribution in [2.75, 3.05) is 13.2 Å². The minimum absolute atomic E-state index is 0.108.